The van der Waals surface area contributed by atoms with Crippen LogP contribution in [-0.4, -0.2) is 37.1 Å². The number of rotatable bonds is 2. The van der Waals surface area contributed by atoms with Crippen LogP contribution in [0.15, 0.2) is 48.9 Å². The molecule has 0 unspecified atom stereocenters. The van der Waals surface area contributed by atoms with E-state index < -0.39 is 11.6 Å². The molecule has 0 amide bonds. The Balaban J connectivity index is 0.000000225. The minimum absolute atomic E-state index is 0.00199. The van der Waals surface area contributed by atoms with Crippen LogP contribution in [0.4, 0.5) is 8.78 Å². The van der Waals surface area contributed by atoms with Crippen LogP contribution in [0.1, 0.15) is 5.56 Å². The van der Waals surface area contributed by atoms with Crippen LogP contribution in [0.25, 0.3) is 0 Å². The van der Waals surface area contributed by atoms with Crippen molar-refractivity contribution >= 4 is 0 Å². The van der Waals surface area contributed by atoms with Gasteiger partial charge in [-0.2, -0.15) is 10.2 Å². The van der Waals surface area contributed by atoms with Crippen LogP contribution in [0.5, 0.6) is 0 Å². The second-order valence-electron chi connectivity index (χ2n) is 4.18. The Kier molecular flexibility index (Phi) is 4.85. The van der Waals surface area contributed by atoms with Gasteiger partial charge < -0.3 is 5.21 Å². The molecule has 2 N–H and O–H groups in total. The number of halogens is 2. The zero-order valence-corrected chi connectivity index (χ0v) is 11.0. The van der Waals surface area contributed by atoms with E-state index in [0.29, 0.717) is 6.54 Å². The Bertz CT molecular complexity index is 584. The van der Waals surface area contributed by atoms with Crippen molar-refractivity contribution in [3.05, 3.63) is 66.1 Å². The largest absolute Gasteiger partial charge is 0.412 e. The van der Waals surface area contributed by atoms with Gasteiger partial charge in [-0.3, -0.25) is 5.21 Å². The van der Waals surface area contributed by atoms with Gasteiger partial charge >= 0.3 is 0 Å². The lowest BCUT2D eigenvalue weighted by atomic mass is 10.2. The Morgan fingerprint density at radius 3 is 2.29 bits per heavy atom. The summed E-state index contributed by atoms with van der Waals surface area (Å²) in [5.41, 5.74) is -0.0414. The number of hydroxylamine groups is 1. The smallest absolute Gasteiger partial charge is 0.130 e. The minimum Gasteiger partial charge on any atom is -0.412 e. The third-order valence-electron chi connectivity index (χ3n) is 2.74. The number of hydrazine groups is 1. The summed E-state index contributed by atoms with van der Waals surface area (Å²) >= 11 is 0. The molecule has 2 aromatic rings. The first-order chi connectivity index (χ1) is 10.1. The number of nitrogens with zero attached hydrogens (tertiary/aromatic N) is 4. The summed E-state index contributed by atoms with van der Waals surface area (Å²) in [4.78, 5) is 0.750. The highest BCUT2D eigenvalue weighted by Crippen LogP contribution is 2.17. The molecule has 1 aliphatic rings. The van der Waals surface area contributed by atoms with Crippen molar-refractivity contribution in [1.29, 1.82) is 0 Å². The Labute approximate surface area is 119 Å². The monoisotopic (exact) mass is 296 g/mol. The van der Waals surface area contributed by atoms with Gasteiger partial charge in [0.25, 0.3) is 0 Å². The van der Waals surface area contributed by atoms with E-state index in [0.717, 1.165) is 10.0 Å². The Morgan fingerprint density at radius 1 is 1.14 bits per heavy atom. The molecule has 0 saturated heterocycles. The average Bonchev–Trinajstić information content (AvgIpc) is 3.07. The van der Waals surface area contributed by atoms with Crippen LogP contribution in [0.3, 0.4) is 0 Å². The number of benzene rings is 1. The molecule has 1 aromatic carbocycles. The maximum absolute atomic E-state index is 13.2. The summed E-state index contributed by atoms with van der Waals surface area (Å²) < 4.78 is 26.5. The summed E-state index contributed by atoms with van der Waals surface area (Å²) in [5.74, 6) is -1.20. The molecule has 2 heterocycles. The van der Waals surface area contributed by atoms with Gasteiger partial charge in [0.05, 0.1) is 18.9 Å². The van der Waals surface area contributed by atoms with Crippen LogP contribution >= 0.6 is 0 Å². The second kappa shape index (κ2) is 6.82. The number of aromatic nitrogens is 2. The highest BCUT2D eigenvalue weighted by Gasteiger charge is 2.18. The molecule has 0 radical (unpaired) electrons. The molecule has 21 heavy (non-hydrogen) atoms. The normalized spacial score (nSPS) is 14.1. The molecule has 0 aliphatic carbocycles. The van der Waals surface area contributed by atoms with Crippen molar-refractivity contribution in [3.8, 4) is 0 Å². The van der Waals surface area contributed by atoms with E-state index in [4.69, 9.17) is 5.21 Å². The maximum Gasteiger partial charge on any atom is 0.130 e. The fourth-order valence-electron chi connectivity index (χ4n) is 1.70. The van der Waals surface area contributed by atoms with E-state index in [2.05, 4.69) is 5.10 Å². The second-order valence-corrected chi connectivity index (χ2v) is 4.18. The predicted octanol–water partition coefficient (Wildman–Crippen LogP) is 2.02. The summed E-state index contributed by atoms with van der Waals surface area (Å²) in [6, 6.07) is 5.35. The summed E-state index contributed by atoms with van der Waals surface area (Å²) in [6.07, 6.45) is 6.07. The molecule has 0 atom stereocenters. The van der Waals surface area contributed by atoms with E-state index in [9.17, 15) is 14.0 Å². The zero-order chi connectivity index (χ0) is 15.2. The highest BCUT2D eigenvalue weighted by molar-refractivity contribution is 5.19. The molecule has 3 rings (SSSR count). The van der Waals surface area contributed by atoms with Crippen LogP contribution in [-0.2, 0) is 6.54 Å². The molecular formula is C13H14F2N4O2. The van der Waals surface area contributed by atoms with Crippen molar-refractivity contribution < 1.29 is 19.2 Å². The SMILES string of the molecule is ON1C=CCN1Cc1c(F)cccc1F.On1cccn1. The summed E-state index contributed by atoms with van der Waals surface area (Å²) in [7, 11) is 0. The Hall–Kier alpha value is -2.45. The lowest BCUT2D eigenvalue weighted by Gasteiger charge is -2.22. The zero-order valence-electron chi connectivity index (χ0n) is 11.0. The third kappa shape index (κ3) is 4.01. The maximum atomic E-state index is 13.2. The van der Waals surface area contributed by atoms with Gasteiger partial charge in [-0.25, -0.2) is 8.78 Å². The van der Waals surface area contributed by atoms with E-state index in [1.807, 2.05) is 0 Å². The van der Waals surface area contributed by atoms with Crippen molar-refractivity contribution in [1.82, 2.24) is 20.1 Å². The van der Waals surface area contributed by atoms with Crippen LogP contribution in [0, 0.1) is 11.6 Å². The molecule has 112 valence electrons. The van der Waals surface area contributed by atoms with Gasteiger partial charge in [0, 0.05) is 18.3 Å². The number of hydrogen-bond donors (Lipinski definition) is 2. The highest BCUT2D eigenvalue weighted by atomic mass is 19.1. The standard InChI is InChI=1S/C10H10F2N2O.C3H4N2O/c11-9-3-1-4-10(12)8(9)7-13-5-2-6-14(13)15;6-5-3-1-2-4-5/h1-4,6,15H,5,7H2;1-3,6H. The molecule has 0 spiro atoms. The van der Waals surface area contributed by atoms with Crippen molar-refractivity contribution in [2.24, 2.45) is 0 Å². The van der Waals surface area contributed by atoms with E-state index in [1.165, 1.54) is 41.8 Å². The van der Waals surface area contributed by atoms with Gasteiger partial charge in [0.2, 0.25) is 0 Å². The molecule has 0 saturated carbocycles. The lowest BCUT2D eigenvalue weighted by molar-refractivity contribution is -0.196. The van der Waals surface area contributed by atoms with Gasteiger partial charge in [-0.1, -0.05) is 6.07 Å². The van der Waals surface area contributed by atoms with Gasteiger partial charge in [-0.15, -0.1) is 9.94 Å². The van der Waals surface area contributed by atoms with Crippen molar-refractivity contribution in [3.63, 3.8) is 0 Å². The van der Waals surface area contributed by atoms with Gasteiger partial charge in [-0.05, 0) is 24.3 Å². The third-order valence-corrected chi connectivity index (χ3v) is 2.74. The molecule has 1 aromatic heterocycles. The summed E-state index contributed by atoms with van der Waals surface area (Å²) in [6.45, 7) is 0.437. The molecule has 0 fully saturated rings. The molecule has 0 bridgehead atoms. The van der Waals surface area contributed by atoms with E-state index in [1.54, 1.807) is 12.1 Å². The first-order valence-electron chi connectivity index (χ1n) is 6.09. The molecular weight excluding hydrogens is 282 g/mol. The van der Waals surface area contributed by atoms with Gasteiger partial charge in [0.1, 0.15) is 11.6 Å². The van der Waals surface area contributed by atoms with Crippen molar-refractivity contribution in [2.75, 3.05) is 6.54 Å². The average molecular weight is 296 g/mol. The number of hydrogen-bond acceptors (Lipinski definition) is 5. The van der Waals surface area contributed by atoms with Crippen LogP contribution in [0.2, 0.25) is 0 Å². The predicted molar refractivity (Wildman–Crippen MR) is 68.9 cm³/mol. The fourth-order valence-corrected chi connectivity index (χ4v) is 1.70. The fraction of sp³-hybridized carbons (Fsp3) is 0.154. The molecule has 1 aliphatic heterocycles. The first kappa shape index (κ1) is 14.9. The van der Waals surface area contributed by atoms with E-state index in [-0.39, 0.29) is 12.1 Å². The van der Waals surface area contributed by atoms with Crippen LogP contribution < -0.4 is 0 Å². The molecule has 8 heteroatoms. The Morgan fingerprint density at radius 2 is 1.86 bits per heavy atom. The van der Waals surface area contributed by atoms with Gasteiger partial charge in [0.15, 0.2) is 0 Å². The molecule has 6 nitrogen and oxygen atoms in total. The van der Waals surface area contributed by atoms with E-state index >= 15 is 0 Å². The quantitative estimate of drug-likeness (QED) is 0.830. The van der Waals surface area contributed by atoms with Crippen molar-refractivity contribution in [2.45, 2.75) is 6.54 Å². The summed E-state index contributed by atoms with van der Waals surface area (Å²) in [5, 5.41) is 23.2. The lowest BCUT2D eigenvalue weighted by Crippen LogP contribution is -2.32. The first-order valence-corrected chi connectivity index (χ1v) is 6.09. The topological polar surface area (TPSA) is 64.8 Å². The minimum atomic E-state index is -0.602.